The molecule has 0 heterocycles. The van der Waals surface area contributed by atoms with E-state index >= 15 is 0 Å². The van der Waals surface area contributed by atoms with Crippen LogP contribution in [0.3, 0.4) is 0 Å². The van der Waals surface area contributed by atoms with E-state index in [2.05, 4.69) is 46.4 Å². The van der Waals surface area contributed by atoms with Crippen molar-refractivity contribution < 1.29 is 24.2 Å². The fourth-order valence-corrected chi connectivity index (χ4v) is 6.41. The van der Waals surface area contributed by atoms with Crippen LogP contribution < -0.4 is 15.4 Å². The Labute approximate surface area is 365 Å². The van der Waals surface area contributed by atoms with Crippen LogP contribution in [-0.4, -0.2) is 91.4 Å². The highest BCUT2D eigenvalue weighted by Gasteiger charge is 2.18. The van der Waals surface area contributed by atoms with Gasteiger partial charge in [0.05, 0.1) is 15.4 Å². The minimum atomic E-state index is -0.404. The number of rotatable bonds is 17. The number of esters is 1. The summed E-state index contributed by atoms with van der Waals surface area (Å²) in [5.74, 6) is 0.478. The van der Waals surface area contributed by atoms with E-state index in [9.17, 15) is 19.5 Å². The van der Waals surface area contributed by atoms with Crippen molar-refractivity contribution in [3.8, 4) is 11.5 Å². The molecule has 0 aliphatic carbocycles. The molecule has 0 radical (unpaired) electrons. The van der Waals surface area contributed by atoms with Gasteiger partial charge in [-0.05, 0) is 99.4 Å². The number of hydrogen-bond donors (Lipinski definition) is 3. The molecule has 9 nitrogen and oxygen atoms in total. The van der Waals surface area contributed by atoms with Crippen LogP contribution in [0.2, 0.25) is 10.0 Å². The van der Waals surface area contributed by atoms with E-state index in [4.69, 9.17) is 51.1 Å². The number of aromatic hydroxyl groups is 1. The van der Waals surface area contributed by atoms with Crippen molar-refractivity contribution in [3.63, 3.8) is 0 Å². The summed E-state index contributed by atoms with van der Waals surface area (Å²) in [4.78, 5) is 40.0. The number of likely N-dealkylation sites (N-methyl/N-ethyl adjacent to an activating group) is 2. The van der Waals surface area contributed by atoms with Crippen molar-refractivity contribution in [2.75, 3.05) is 46.6 Å². The third-order valence-electron chi connectivity index (χ3n) is 9.46. The fourth-order valence-electron chi connectivity index (χ4n) is 5.97. The maximum Gasteiger partial charge on any atom is 0.308 e. The summed E-state index contributed by atoms with van der Waals surface area (Å²) in [5.41, 5.74) is 4.37. The summed E-state index contributed by atoms with van der Waals surface area (Å²) in [7, 11) is 7.95. The second-order valence-corrected chi connectivity index (χ2v) is 16.2. The number of phenols is 1. The van der Waals surface area contributed by atoms with Gasteiger partial charge in [0.2, 0.25) is 11.8 Å². The molecule has 3 N–H and O–H groups in total. The van der Waals surface area contributed by atoms with Gasteiger partial charge in [0.25, 0.3) is 0 Å². The molecule has 0 saturated heterocycles. The maximum absolute atomic E-state index is 12.4. The predicted molar refractivity (Wildman–Crippen MR) is 240 cm³/mol. The summed E-state index contributed by atoms with van der Waals surface area (Å²) < 4.78 is 5.07. The second kappa shape index (κ2) is 27.0. The summed E-state index contributed by atoms with van der Waals surface area (Å²) in [6.07, 6.45) is 2.37. The van der Waals surface area contributed by atoms with Crippen LogP contribution in [0.1, 0.15) is 67.7 Å². The number of hydrogen-bond acceptors (Lipinski definition) is 7. The lowest BCUT2D eigenvalue weighted by Crippen LogP contribution is -2.41. The first-order chi connectivity index (χ1) is 27.5. The Morgan fingerprint density at radius 2 is 1.05 bits per heavy atom. The minimum absolute atomic E-state index is 0.0384. The Morgan fingerprint density at radius 1 is 0.655 bits per heavy atom. The van der Waals surface area contributed by atoms with Gasteiger partial charge in [-0.2, -0.15) is 0 Å². The van der Waals surface area contributed by atoms with E-state index < -0.39 is 5.97 Å². The van der Waals surface area contributed by atoms with Gasteiger partial charge in [-0.25, -0.2) is 0 Å². The van der Waals surface area contributed by atoms with Gasteiger partial charge >= 0.3 is 5.97 Å². The van der Waals surface area contributed by atoms with Crippen molar-refractivity contribution in [2.24, 2.45) is 0 Å². The van der Waals surface area contributed by atoms with E-state index in [0.29, 0.717) is 48.1 Å². The lowest BCUT2D eigenvalue weighted by atomic mass is 9.97. The summed E-state index contributed by atoms with van der Waals surface area (Å²) >= 11 is 21.7. The van der Waals surface area contributed by atoms with Crippen LogP contribution in [-0.2, 0) is 27.2 Å². The molecule has 0 aromatic heterocycles. The third kappa shape index (κ3) is 19.3. The topological polar surface area (TPSA) is 111 Å². The van der Waals surface area contributed by atoms with E-state index in [1.165, 1.54) is 12.5 Å². The van der Waals surface area contributed by atoms with Crippen molar-refractivity contribution in [3.05, 3.63) is 129 Å². The average molecular weight is 877 g/mol. The number of nitrogens with one attached hydrogen (secondary N) is 2. The number of carbonyl (C=O) groups is 3. The molecule has 4 atom stereocenters. The van der Waals surface area contributed by atoms with Crippen molar-refractivity contribution >= 4 is 64.2 Å². The van der Waals surface area contributed by atoms with E-state index in [0.717, 1.165) is 23.1 Å². The van der Waals surface area contributed by atoms with Crippen molar-refractivity contribution in [1.29, 1.82) is 0 Å². The molecule has 0 saturated carbocycles. The number of phenolic OH excluding ortho intramolecular Hbond substituents is 1. The van der Waals surface area contributed by atoms with Gasteiger partial charge < -0.3 is 30.3 Å². The van der Waals surface area contributed by atoms with Gasteiger partial charge in [0, 0.05) is 44.9 Å². The highest BCUT2D eigenvalue weighted by atomic mass is 35.5. The zero-order valence-electron chi connectivity index (χ0n) is 34.5. The van der Waals surface area contributed by atoms with Crippen LogP contribution in [0, 0.1) is 0 Å². The van der Waals surface area contributed by atoms with Gasteiger partial charge in [0.1, 0.15) is 11.5 Å². The number of carbonyl (C=O) groups excluding carboxylic acids is 3. The Morgan fingerprint density at radius 3 is 1.41 bits per heavy atom. The largest absolute Gasteiger partial charge is 0.506 e. The molecule has 316 valence electrons. The van der Waals surface area contributed by atoms with Crippen LogP contribution in [0.5, 0.6) is 11.5 Å². The predicted octanol–water partition coefficient (Wildman–Crippen LogP) is 9.30. The SMILES string of the molecule is CC(=O)Oc1ccc(C[C@@H](CNC(=O)C[C@H](C)c2ccccc2)N(C)C)cc1Cl.C[C@@H](CC(=O)NC[C@H](Cc1ccc(O)c(Cl)c1)N(C)C)c1ccccc1.ClCCl. The molecular formula is C45H58Cl4N4O5. The monoisotopic (exact) mass is 874 g/mol. The molecule has 58 heavy (non-hydrogen) atoms. The standard InChI is InChI=1S/C23H29ClN2O3.C21H27ClN2O2.CH2Cl2/c1-16(19-8-6-5-7-9-19)12-23(28)25-15-20(26(3)4)13-18-10-11-22(21(24)14-18)29-17(2)27;1-15(17-7-5-4-6-8-17)11-21(26)23-14-18(24(2)3)12-16-9-10-20(25)19(22)13-16;2-1-3/h5-11,14,16,20H,12-13,15H2,1-4H3,(H,25,28);4-10,13,15,18,25H,11-12,14H2,1-3H3,(H,23,26);1H2/t16-,20-;15-,18-;/m00./s1. The molecule has 0 aliphatic rings. The average Bonchev–Trinajstić information content (AvgIpc) is 3.18. The Bertz CT molecular complexity index is 1830. The fraction of sp³-hybridized carbons (Fsp3) is 0.400. The normalized spacial score (nSPS) is 12.8. The van der Waals surface area contributed by atoms with Crippen LogP contribution >= 0.6 is 46.4 Å². The molecule has 4 aromatic carbocycles. The molecule has 4 aromatic rings. The number of halogens is 4. The van der Waals surface area contributed by atoms with Gasteiger partial charge in [-0.1, -0.05) is 110 Å². The molecule has 0 fully saturated rings. The first-order valence-corrected chi connectivity index (χ1v) is 20.9. The van der Waals surface area contributed by atoms with E-state index in [-0.39, 0.29) is 46.8 Å². The summed E-state index contributed by atoms with van der Waals surface area (Å²) in [6, 6.07) is 31.0. The van der Waals surface area contributed by atoms with E-state index in [1.54, 1.807) is 24.3 Å². The molecule has 0 bridgehead atoms. The number of alkyl halides is 2. The smallest absolute Gasteiger partial charge is 0.308 e. The maximum atomic E-state index is 12.4. The number of nitrogens with zero attached hydrogens (tertiary/aromatic N) is 2. The van der Waals surface area contributed by atoms with E-state index in [1.807, 2.05) is 88.9 Å². The lowest BCUT2D eigenvalue weighted by Gasteiger charge is -2.25. The van der Waals surface area contributed by atoms with Crippen LogP contribution in [0.4, 0.5) is 0 Å². The zero-order chi connectivity index (χ0) is 43.2. The highest BCUT2D eigenvalue weighted by Crippen LogP contribution is 2.27. The molecule has 0 unspecified atom stereocenters. The minimum Gasteiger partial charge on any atom is -0.506 e. The highest BCUT2D eigenvalue weighted by molar-refractivity contribution is 6.40. The van der Waals surface area contributed by atoms with Gasteiger partial charge in [0.15, 0.2) is 0 Å². The second-order valence-electron chi connectivity index (χ2n) is 14.5. The molecule has 13 heteroatoms. The first-order valence-electron chi connectivity index (χ1n) is 19.1. The summed E-state index contributed by atoms with van der Waals surface area (Å²) in [6.45, 7) is 6.57. The van der Waals surface area contributed by atoms with Crippen molar-refractivity contribution in [1.82, 2.24) is 20.4 Å². The zero-order valence-corrected chi connectivity index (χ0v) is 37.5. The Hall–Kier alpha value is -3.83. The lowest BCUT2D eigenvalue weighted by molar-refractivity contribution is -0.132. The van der Waals surface area contributed by atoms with Crippen LogP contribution in [0.25, 0.3) is 0 Å². The molecule has 4 rings (SSSR count). The van der Waals surface area contributed by atoms with Gasteiger partial charge in [-0.3, -0.25) is 14.4 Å². The molecule has 0 spiro atoms. The van der Waals surface area contributed by atoms with Crippen molar-refractivity contribution in [2.45, 2.75) is 70.4 Å². The quantitative estimate of drug-likeness (QED) is 0.0551. The Balaban J connectivity index is 0.000000377. The number of amides is 2. The van der Waals surface area contributed by atoms with Gasteiger partial charge in [-0.15, -0.1) is 23.2 Å². The molecule has 0 aliphatic heterocycles. The first kappa shape index (κ1) is 50.3. The Kier molecular flexibility index (Phi) is 23.4. The number of benzene rings is 4. The number of ether oxygens (including phenoxy) is 1. The van der Waals surface area contributed by atoms with Crippen LogP contribution in [0.15, 0.2) is 97.1 Å². The third-order valence-corrected chi connectivity index (χ3v) is 10.1. The summed E-state index contributed by atoms with van der Waals surface area (Å²) in [5, 5.41) is 16.6. The molecular weight excluding hydrogens is 818 g/mol. The molecule has 2 amide bonds.